The van der Waals surface area contributed by atoms with E-state index in [1.54, 1.807) is 23.1 Å². The molecule has 0 atom stereocenters. The highest BCUT2D eigenvalue weighted by Gasteiger charge is 2.33. The summed E-state index contributed by atoms with van der Waals surface area (Å²) in [6.45, 7) is 2.56. The van der Waals surface area contributed by atoms with Crippen LogP contribution in [-0.4, -0.2) is 22.5 Å². The molecular weight excluding hydrogens is 511 g/mol. The summed E-state index contributed by atoms with van der Waals surface area (Å²) in [7, 11) is 0. The molecule has 2 heterocycles. The summed E-state index contributed by atoms with van der Waals surface area (Å²) in [6, 6.07) is 27.0. The lowest BCUT2D eigenvalue weighted by Crippen LogP contribution is -2.31. The van der Waals surface area contributed by atoms with Crippen LogP contribution < -0.4 is 0 Å². The lowest BCUT2D eigenvalue weighted by molar-refractivity contribution is -0.122. The van der Waals surface area contributed by atoms with Crippen molar-refractivity contribution in [1.82, 2.24) is 4.90 Å². The van der Waals surface area contributed by atoms with E-state index in [0.717, 1.165) is 28.8 Å². The maximum Gasteiger partial charge on any atom is 0.266 e. The van der Waals surface area contributed by atoms with Crippen LogP contribution in [0.15, 0.2) is 99.2 Å². The molecule has 0 aliphatic carbocycles. The lowest BCUT2D eigenvalue weighted by Gasteiger charge is -2.15. The van der Waals surface area contributed by atoms with E-state index in [4.69, 9.17) is 32.6 Å². The summed E-state index contributed by atoms with van der Waals surface area (Å²) < 4.78 is 6.00. The van der Waals surface area contributed by atoms with Gasteiger partial charge in [0.2, 0.25) is 0 Å². The van der Waals surface area contributed by atoms with Gasteiger partial charge >= 0.3 is 0 Å². The topological polar surface area (TPSA) is 45.8 Å². The second-order valence-electron chi connectivity index (χ2n) is 8.36. The van der Waals surface area contributed by atoms with E-state index >= 15 is 0 Å². The number of hydrogen-bond acceptors (Lipinski definition) is 4. The van der Waals surface area contributed by atoms with Gasteiger partial charge in [-0.3, -0.25) is 9.69 Å². The van der Waals surface area contributed by atoms with Crippen molar-refractivity contribution in [2.24, 2.45) is 4.99 Å². The summed E-state index contributed by atoms with van der Waals surface area (Å²) in [5.41, 5.74) is 3.87. The van der Waals surface area contributed by atoms with Crippen LogP contribution in [-0.2, 0) is 11.2 Å². The third kappa shape index (κ3) is 5.59. The third-order valence-corrected chi connectivity index (χ3v) is 7.26. The second kappa shape index (κ2) is 10.8. The number of aryl methyl sites for hydroxylation is 1. The maximum atomic E-state index is 13.4. The van der Waals surface area contributed by atoms with E-state index in [9.17, 15) is 4.79 Å². The number of amidine groups is 1. The fraction of sp³-hybridized carbons (Fsp3) is 0.103. The molecule has 1 aliphatic rings. The summed E-state index contributed by atoms with van der Waals surface area (Å²) in [4.78, 5) is 20.5. The average Bonchev–Trinajstić information content (AvgIpc) is 3.44. The highest BCUT2D eigenvalue weighted by atomic mass is 35.5. The Morgan fingerprint density at radius 1 is 0.972 bits per heavy atom. The van der Waals surface area contributed by atoms with Crippen molar-refractivity contribution >= 4 is 57.8 Å². The molecule has 180 valence electrons. The van der Waals surface area contributed by atoms with Crippen LogP contribution in [0.5, 0.6) is 0 Å². The molecule has 1 saturated heterocycles. The standard InChI is InChI=1S/C29H22Cl2N2O2S/c1-19-7-10-22(11-8-19)32-29-33(16-15-20-5-3-2-4-6-20)28(34)27(36-29)18-23-12-14-26(35-23)24-13-9-21(30)17-25(24)31/h2-14,17-18H,15-16H2,1H3/b27-18+,32-29?. The van der Waals surface area contributed by atoms with Crippen molar-refractivity contribution in [3.8, 4) is 11.3 Å². The summed E-state index contributed by atoms with van der Waals surface area (Å²) in [5, 5.41) is 1.71. The first-order valence-electron chi connectivity index (χ1n) is 11.4. The number of amides is 1. The van der Waals surface area contributed by atoms with Gasteiger partial charge in [-0.1, -0.05) is 71.2 Å². The summed E-state index contributed by atoms with van der Waals surface area (Å²) >= 11 is 13.7. The Bertz CT molecular complexity index is 1460. The van der Waals surface area contributed by atoms with E-state index < -0.39 is 0 Å². The molecule has 3 aromatic carbocycles. The molecule has 0 bridgehead atoms. The molecule has 5 rings (SSSR count). The minimum atomic E-state index is -0.0933. The van der Waals surface area contributed by atoms with Crippen LogP contribution in [0.25, 0.3) is 17.4 Å². The van der Waals surface area contributed by atoms with Gasteiger partial charge in [-0.2, -0.15) is 0 Å². The highest BCUT2D eigenvalue weighted by Crippen LogP contribution is 2.36. The zero-order chi connectivity index (χ0) is 25.1. The fourth-order valence-electron chi connectivity index (χ4n) is 3.80. The Morgan fingerprint density at radius 2 is 1.75 bits per heavy atom. The number of nitrogens with zero attached hydrogens (tertiary/aromatic N) is 2. The Hall–Kier alpha value is -3.25. The van der Waals surface area contributed by atoms with Gasteiger partial charge in [0.05, 0.1) is 15.6 Å². The Balaban J connectivity index is 1.43. The van der Waals surface area contributed by atoms with E-state index in [0.29, 0.717) is 38.2 Å². The van der Waals surface area contributed by atoms with Crippen molar-refractivity contribution < 1.29 is 9.21 Å². The minimum absolute atomic E-state index is 0.0933. The zero-order valence-electron chi connectivity index (χ0n) is 19.4. The number of rotatable bonds is 6. The number of carbonyl (C=O) groups excluding carboxylic acids is 1. The minimum Gasteiger partial charge on any atom is -0.457 e. The number of hydrogen-bond donors (Lipinski definition) is 0. The van der Waals surface area contributed by atoms with Crippen LogP contribution in [0.3, 0.4) is 0 Å². The van der Waals surface area contributed by atoms with Crippen LogP contribution in [0, 0.1) is 6.92 Å². The SMILES string of the molecule is Cc1ccc(N=C2S/C(=C/c3ccc(-c4ccc(Cl)cc4Cl)o3)C(=O)N2CCc2ccccc2)cc1. The molecule has 1 aliphatic heterocycles. The van der Waals surface area contributed by atoms with Crippen molar-refractivity contribution in [1.29, 1.82) is 0 Å². The molecule has 0 radical (unpaired) electrons. The number of aliphatic imine (C=N–C) groups is 1. The van der Waals surface area contributed by atoms with E-state index in [2.05, 4.69) is 12.1 Å². The molecule has 1 amide bonds. The van der Waals surface area contributed by atoms with Gasteiger partial charge in [0.25, 0.3) is 5.91 Å². The van der Waals surface area contributed by atoms with Gasteiger partial charge < -0.3 is 4.42 Å². The molecule has 0 unspecified atom stereocenters. The monoisotopic (exact) mass is 532 g/mol. The number of thioether (sulfide) groups is 1. The first-order chi connectivity index (χ1) is 17.5. The van der Waals surface area contributed by atoms with Crippen molar-refractivity contribution in [3.63, 3.8) is 0 Å². The van der Waals surface area contributed by atoms with Gasteiger partial charge in [-0.25, -0.2) is 4.99 Å². The predicted octanol–water partition coefficient (Wildman–Crippen LogP) is 8.41. The predicted molar refractivity (Wildman–Crippen MR) is 150 cm³/mol. The molecule has 0 spiro atoms. The largest absolute Gasteiger partial charge is 0.457 e. The van der Waals surface area contributed by atoms with E-state index in [1.807, 2.05) is 67.6 Å². The van der Waals surface area contributed by atoms with Gasteiger partial charge in [0.15, 0.2) is 5.17 Å². The molecule has 1 aromatic heterocycles. The molecule has 7 heteroatoms. The maximum absolute atomic E-state index is 13.4. The van der Waals surface area contributed by atoms with Gasteiger partial charge in [-0.15, -0.1) is 0 Å². The number of halogens is 2. The molecule has 4 aromatic rings. The third-order valence-electron chi connectivity index (χ3n) is 5.71. The van der Waals surface area contributed by atoms with Gasteiger partial charge in [-0.05, 0) is 73.1 Å². The zero-order valence-corrected chi connectivity index (χ0v) is 21.8. The fourth-order valence-corrected chi connectivity index (χ4v) is 5.30. The van der Waals surface area contributed by atoms with Crippen molar-refractivity contribution in [2.75, 3.05) is 6.54 Å². The van der Waals surface area contributed by atoms with Crippen molar-refractivity contribution in [2.45, 2.75) is 13.3 Å². The quantitative estimate of drug-likeness (QED) is 0.234. The summed E-state index contributed by atoms with van der Waals surface area (Å²) in [5.74, 6) is 1.07. The summed E-state index contributed by atoms with van der Waals surface area (Å²) in [6.07, 6.45) is 2.49. The van der Waals surface area contributed by atoms with Crippen LogP contribution in [0.2, 0.25) is 10.0 Å². The lowest BCUT2D eigenvalue weighted by atomic mass is 10.1. The first-order valence-corrected chi connectivity index (χ1v) is 13.0. The van der Waals surface area contributed by atoms with Crippen LogP contribution in [0.1, 0.15) is 16.9 Å². The second-order valence-corrected chi connectivity index (χ2v) is 10.2. The molecule has 0 saturated carbocycles. The van der Waals surface area contributed by atoms with E-state index in [-0.39, 0.29) is 5.91 Å². The van der Waals surface area contributed by atoms with E-state index in [1.165, 1.54) is 11.8 Å². The normalized spacial score (nSPS) is 15.9. The number of benzene rings is 3. The molecule has 1 fully saturated rings. The Labute approximate surface area is 224 Å². The highest BCUT2D eigenvalue weighted by molar-refractivity contribution is 8.18. The van der Waals surface area contributed by atoms with Crippen LogP contribution in [0.4, 0.5) is 5.69 Å². The average molecular weight is 533 g/mol. The Kier molecular flexibility index (Phi) is 7.33. The molecular formula is C29H22Cl2N2O2S. The van der Waals surface area contributed by atoms with Gasteiger partial charge in [0.1, 0.15) is 11.5 Å². The van der Waals surface area contributed by atoms with Crippen LogP contribution >= 0.6 is 35.0 Å². The molecule has 36 heavy (non-hydrogen) atoms. The molecule has 0 N–H and O–H groups in total. The molecule has 4 nitrogen and oxygen atoms in total. The van der Waals surface area contributed by atoms with Gasteiger partial charge in [0, 0.05) is 23.2 Å². The van der Waals surface area contributed by atoms with Crippen molar-refractivity contribution in [3.05, 3.63) is 117 Å². The first kappa shape index (κ1) is 24.4. The number of furan rings is 1. The Morgan fingerprint density at radius 3 is 2.50 bits per heavy atom. The smallest absolute Gasteiger partial charge is 0.266 e. The number of carbonyl (C=O) groups is 1.